The van der Waals surface area contributed by atoms with Gasteiger partial charge in [-0.3, -0.25) is 4.72 Å². The zero-order chi connectivity index (χ0) is 18.7. The lowest BCUT2D eigenvalue weighted by atomic mass is 10.2. The highest BCUT2D eigenvalue weighted by atomic mass is 35.5. The van der Waals surface area contributed by atoms with E-state index in [1.54, 1.807) is 18.2 Å². The fourth-order valence-electron chi connectivity index (χ4n) is 2.26. The molecule has 0 aliphatic rings. The molecule has 1 N–H and O–H groups in total. The number of halogens is 2. The van der Waals surface area contributed by atoms with Gasteiger partial charge in [-0.15, -0.1) is 0 Å². The summed E-state index contributed by atoms with van der Waals surface area (Å²) in [4.78, 5) is 0.112. The van der Waals surface area contributed by atoms with Crippen LogP contribution in [0.25, 0.3) is 0 Å². The first-order chi connectivity index (χ1) is 12.3. The summed E-state index contributed by atoms with van der Waals surface area (Å²) >= 11 is 11.8. The van der Waals surface area contributed by atoms with Crippen LogP contribution in [0, 0.1) is 6.92 Å². The molecule has 0 bridgehead atoms. The van der Waals surface area contributed by atoms with Crippen LogP contribution in [0.4, 0.5) is 5.69 Å². The van der Waals surface area contributed by atoms with Crippen molar-refractivity contribution in [2.75, 3.05) is 4.72 Å². The van der Waals surface area contributed by atoms with Crippen molar-refractivity contribution in [1.29, 1.82) is 0 Å². The minimum absolute atomic E-state index is 0.112. The zero-order valence-electron chi connectivity index (χ0n) is 13.7. The number of para-hydroxylation sites is 1. The van der Waals surface area contributed by atoms with E-state index in [-0.39, 0.29) is 9.92 Å². The Morgan fingerprint density at radius 1 is 0.885 bits per heavy atom. The third-order valence-corrected chi connectivity index (χ3v) is 5.76. The van der Waals surface area contributed by atoms with Crippen LogP contribution in [0.3, 0.4) is 0 Å². The van der Waals surface area contributed by atoms with E-state index in [4.69, 9.17) is 27.9 Å². The van der Waals surface area contributed by atoms with Crippen LogP contribution in [-0.2, 0) is 10.0 Å². The van der Waals surface area contributed by atoms with Crippen molar-refractivity contribution in [2.45, 2.75) is 11.8 Å². The first-order valence-corrected chi connectivity index (χ1v) is 9.90. The van der Waals surface area contributed by atoms with Gasteiger partial charge in [-0.05, 0) is 61.0 Å². The van der Waals surface area contributed by atoms with Crippen LogP contribution in [0.15, 0.2) is 71.6 Å². The van der Waals surface area contributed by atoms with E-state index in [9.17, 15) is 8.42 Å². The number of hydrogen-bond donors (Lipinski definition) is 1. The predicted molar refractivity (Wildman–Crippen MR) is 105 cm³/mol. The van der Waals surface area contributed by atoms with Gasteiger partial charge in [-0.2, -0.15) is 0 Å². The lowest BCUT2D eigenvalue weighted by Gasteiger charge is -2.11. The Labute approximate surface area is 162 Å². The Kier molecular flexibility index (Phi) is 5.41. The second-order valence-electron chi connectivity index (χ2n) is 5.57. The number of nitrogens with one attached hydrogen (secondary N) is 1. The summed E-state index contributed by atoms with van der Waals surface area (Å²) in [6.07, 6.45) is 0. The van der Waals surface area contributed by atoms with Gasteiger partial charge in [-0.25, -0.2) is 8.42 Å². The SMILES string of the molecule is Cc1ccccc1Oc1ccc(S(=O)(=O)Nc2ccc(Cl)c(Cl)c2)cc1. The molecule has 26 heavy (non-hydrogen) atoms. The van der Waals surface area contributed by atoms with Gasteiger partial charge >= 0.3 is 0 Å². The van der Waals surface area contributed by atoms with Crippen LogP contribution < -0.4 is 9.46 Å². The average Bonchev–Trinajstić information content (AvgIpc) is 2.60. The molecule has 0 atom stereocenters. The van der Waals surface area contributed by atoms with Gasteiger partial charge in [0.15, 0.2) is 0 Å². The van der Waals surface area contributed by atoms with E-state index in [2.05, 4.69) is 4.72 Å². The number of benzene rings is 3. The van der Waals surface area contributed by atoms with Crippen molar-refractivity contribution in [1.82, 2.24) is 0 Å². The molecule has 134 valence electrons. The molecule has 0 unspecified atom stereocenters. The molecule has 0 spiro atoms. The van der Waals surface area contributed by atoms with Gasteiger partial charge in [0.1, 0.15) is 11.5 Å². The van der Waals surface area contributed by atoms with Gasteiger partial charge in [-0.1, -0.05) is 41.4 Å². The fourth-order valence-corrected chi connectivity index (χ4v) is 3.61. The summed E-state index contributed by atoms with van der Waals surface area (Å²) in [6.45, 7) is 1.94. The van der Waals surface area contributed by atoms with E-state index in [1.807, 2.05) is 31.2 Å². The van der Waals surface area contributed by atoms with Crippen molar-refractivity contribution in [2.24, 2.45) is 0 Å². The molecule has 0 amide bonds. The van der Waals surface area contributed by atoms with Gasteiger partial charge in [0.05, 0.1) is 20.6 Å². The van der Waals surface area contributed by atoms with Crippen molar-refractivity contribution in [3.8, 4) is 11.5 Å². The third kappa shape index (κ3) is 4.30. The van der Waals surface area contributed by atoms with Crippen LogP contribution in [0.2, 0.25) is 10.0 Å². The summed E-state index contributed by atoms with van der Waals surface area (Å²) in [6, 6.07) is 18.3. The van der Waals surface area contributed by atoms with Crippen molar-refractivity contribution < 1.29 is 13.2 Å². The summed E-state index contributed by atoms with van der Waals surface area (Å²) in [7, 11) is -3.75. The summed E-state index contributed by atoms with van der Waals surface area (Å²) in [5, 5.41) is 0.626. The maximum Gasteiger partial charge on any atom is 0.261 e. The predicted octanol–water partition coefficient (Wildman–Crippen LogP) is 5.89. The zero-order valence-corrected chi connectivity index (χ0v) is 16.1. The first kappa shape index (κ1) is 18.6. The molecule has 0 radical (unpaired) electrons. The molecule has 0 aliphatic carbocycles. The number of aryl methyl sites for hydroxylation is 1. The maximum atomic E-state index is 12.5. The van der Waals surface area contributed by atoms with Gasteiger partial charge in [0.25, 0.3) is 10.0 Å². The van der Waals surface area contributed by atoms with E-state index in [1.165, 1.54) is 24.3 Å². The highest BCUT2D eigenvalue weighted by Gasteiger charge is 2.15. The topological polar surface area (TPSA) is 55.4 Å². The lowest BCUT2D eigenvalue weighted by molar-refractivity contribution is 0.478. The molecule has 0 heterocycles. The fraction of sp³-hybridized carbons (Fsp3) is 0.0526. The number of anilines is 1. The van der Waals surface area contributed by atoms with E-state index in [0.717, 1.165) is 11.3 Å². The monoisotopic (exact) mass is 407 g/mol. The second-order valence-corrected chi connectivity index (χ2v) is 8.07. The van der Waals surface area contributed by atoms with E-state index >= 15 is 0 Å². The van der Waals surface area contributed by atoms with E-state index in [0.29, 0.717) is 16.5 Å². The molecule has 0 saturated heterocycles. The second kappa shape index (κ2) is 7.58. The molecule has 0 aliphatic heterocycles. The molecule has 4 nitrogen and oxygen atoms in total. The van der Waals surface area contributed by atoms with Crippen molar-refractivity contribution >= 4 is 38.9 Å². The highest BCUT2D eigenvalue weighted by molar-refractivity contribution is 7.92. The van der Waals surface area contributed by atoms with Crippen LogP contribution >= 0.6 is 23.2 Å². The Morgan fingerprint density at radius 2 is 1.58 bits per heavy atom. The molecule has 7 heteroatoms. The number of ether oxygens (including phenoxy) is 1. The molecule has 0 fully saturated rings. The smallest absolute Gasteiger partial charge is 0.261 e. The Bertz CT molecular complexity index is 1030. The van der Waals surface area contributed by atoms with Crippen molar-refractivity contribution in [3.05, 3.63) is 82.3 Å². The van der Waals surface area contributed by atoms with E-state index < -0.39 is 10.0 Å². The van der Waals surface area contributed by atoms with Crippen LogP contribution in [-0.4, -0.2) is 8.42 Å². The maximum absolute atomic E-state index is 12.5. The average molecular weight is 408 g/mol. The minimum atomic E-state index is -3.75. The van der Waals surface area contributed by atoms with Gasteiger partial charge < -0.3 is 4.74 Å². The standard InChI is InChI=1S/C19H15Cl2NO3S/c1-13-4-2-3-5-19(13)25-15-7-9-16(10-8-15)26(23,24)22-14-6-11-17(20)18(21)12-14/h2-12,22H,1H3. The van der Waals surface area contributed by atoms with Gasteiger partial charge in [0, 0.05) is 0 Å². The normalized spacial score (nSPS) is 11.2. The molecular weight excluding hydrogens is 393 g/mol. The summed E-state index contributed by atoms with van der Waals surface area (Å²) in [5.41, 5.74) is 1.32. The van der Waals surface area contributed by atoms with Crippen LogP contribution in [0.1, 0.15) is 5.56 Å². The number of hydrogen-bond acceptors (Lipinski definition) is 3. The quantitative estimate of drug-likeness (QED) is 0.572. The first-order valence-electron chi connectivity index (χ1n) is 7.66. The Hall–Kier alpha value is -2.21. The Balaban J connectivity index is 1.78. The summed E-state index contributed by atoms with van der Waals surface area (Å²) in [5.74, 6) is 1.27. The molecule has 3 rings (SSSR count). The van der Waals surface area contributed by atoms with Gasteiger partial charge in [0.2, 0.25) is 0 Å². The molecule has 0 aromatic heterocycles. The summed E-state index contributed by atoms with van der Waals surface area (Å²) < 4.78 is 33.2. The molecule has 3 aromatic carbocycles. The lowest BCUT2D eigenvalue weighted by Crippen LogP contribution is -2.12. The molecule has 3 aromatic rings. The minimum Gasteiger partial charge on any atom is -0.457 e. The number of sulfonamides is 1. The highest BCUT2D eigenvalue weighted by Crippen LogP contribution is 2.28. The third-order valence-electron chi connectivity index (χ3n) is 3.63. The van der Waals surface area contributed by atoms with Crippen LogP contribution in [0.5, 0.6) is 11.5 Å². The number of rotatable bonds is 5. The largest absolute Gasteiger partial charge is 0.457 e. The molecular formula is C19H15Cl2NO3S. The Morgan fingerprint density at radius 3 is 2.23 bits per heavy atom. The van der Waals surface area contributed by atoms with Crippen molar-refractivity contribution in [3.63, 3.8) is 0 Å². The molecule has 0 saturated carbocycles.